The number of rotatable bonds is 5. The molecule has 19 heavy (non-hydrogen) atoms. The Kier molecular flexibility index (Phi) is 4.80. The molecule has 0 spiro atoms. The molecule has 0 bridgehead atoms. The molecule has 1 atom stereocenters. The SMILES string of the molecule is CCCC(C)Oc1ccc(C(F)(F)F)cc1C(=O)O. The fourth-order valence-electron chi connectivity index (χ4n) is 1.66. The molecule has 6 heteroatoms. The smallest absolute Gasteiger partial charge is 0.416 e. The van der Waals surface area contributed by atoms with Crippen LogP contribution < -0.4 is 4.74 Å². The first-order chi connectivity index (χ1) is 8.75. The molecule has 0 saturated heterocycles. The fourth-order valence-corrected chi connectivity index (χ4v) is 1.66. The summed E-state index contributed by atoms with van der Waals surface area (Å²) in [5, 5.41) is 8.95. The van der Waals surface area contributed by atoms with Crippen LogP contribution in [0, 0.1) is 0 Å². The molecule has 1 N–H and O–H groups in total. The van der Waals surface area contributed by atoms with E-state index in [9.17, 15) is 18.0 Å². The van der Waals surface area contributed by atoms with Crippen LogP contribution in [0.4, 0.5) is 13.2 Å². The Morgan fingerprint density at radius 2 is 2.05 bits per heavy atom. The van der Waals surface area contributed by atoms with Gasteiger partial charge in [-0.1, -0.05) is 13.3 Å². The zero-order valence-electron chi connectivity index (χ0n) is 10.6. The molecule has 0 aliphatic rings. The fraction of sp³-hybridized carbons (Fsp3) is 0.462. The lowest BCUT2D eigenvalue weighted by molar-refractivity contribution is -0.137. The van der Waals surface area contributed by atoms with Crippen molar-refractivity contribution in [3.63, 3.8) is 0 Å². The second kappa shape index (κ2) is 5.95. The number of ether oxygens (including phenoxy) is 1. The maximum Gasteiger partial charge on any atom is 0.416 e. The highest BCUT2D eigenvalue weighted by atomic mass is 19.4. The van der Waals surface area contributed by atoms with Gasteiger partial charge in [-0.3, -0.25) is 0 Å². The summed E-state index contributed by atoms with van der Waals surface area (Å²) in [5.41, 5.74) is -1.47. The Morgan fingerprint density at radius 1 is 1.42 bits per heavy atom. The van der Waals surface area contributed by atoms with Crippen LogP contribution in [0.25, 0.3) is 0 Å². The normalized spacial score (nSPS) is 13.1. The Hall–Kier alpha value is -1.72. The molecule has 0 radical (unpaired) electrons. The number of aromatic carboxylic acids is 1. The number of alkyl halides is 3. The first-order valence-electron chi connectivity index (χ1n) is 5.87. The molecular weight excluding hydrogens is 261 g/mol. The molecule has 0 fully saturated rings. The predicted octanol–water partition coefficient (Wildman–Crippen LogP) is 3.97. The van der Waals surface area contributed by atoms with E-state index in [2.05, 4.69) is 0 Å². The maximum absolute atomic E-state index is 12.5. The third kappa shape index (κ3) is 4.15. The summed E-state index contributed by atoms with van der Waals surface area (Å²) in [6.07, 6.45) is -3.29. The largest absolute Gasteiger partial charge is 0.490 e. The molecule has 0 aromatic heterocycles. The van der Waals surface area contributed by atoms with Gasteiger partial charge in [-0.25, -0.2) is 4.79 Å². The van der Waals surface area contributed by atoms with Crippen molar-refractivity contribution in [2.45, 2.75) is 39.0 Å². The van der Waals surface area contributed by atoms with Crippen LogP contribution in [-0.4, -0.2) is 17.2 Å². The van der Waals surface area contributed by atoms with Gasteiger partial charge in [0.25, 0.3) is 0 Å². The molecule has 1 aromatic rings. The summed E-state index contributed by atoms with van der Waals surface area (Å²) in [7, 11) is 0. The molecule has 1 unspecified atom stereocenters. The van der Waals surface area contributed by atoms with Gasteiger partial charge >= 0.3 is 12.1 Å². The third-order valence-corrected chi connectivity index (χ3v) is 2.56. The Balaban J connectivity index is 3.09. The topological polar surface area (TPSA) is 46.5 Å². The van der Waals surface area contributed by atoms with Gasteiger partial charge < -0.3 is 9.84 Å². The average Bonchev–Trinajstić information content (AvgIpc) is 2.27. The van der Waals surface area contributed by atoms with E-state index < -0.39 is 23.3 Å². The number of halogens is 3. The van der Waals surface area contributed by atoms with Crippen LogP contribution in [0.5, 0.6) is 5.75 Å². The highest BCUT2D eigenvalue weighted by Gasteiger charge is 2.32. The lowest BCUT2D eigenvalue weighted by Crippen LogP contribution is -2.15. The first kappa shape index (κ1) is 15.3. The minimum atomic E-state index is -4.57. The van der Waals surface area contributed by atoms with Crippen molar-refractivity contribution in [3.8, 4) is 5.75 Å². The second-order valence-electron chi connectivity index (χ2n) is 4.23. The van der Waals surface area contributed by atoms with Gasteiger partial charge in [0.1, 0.15) is 11.3 Å². The van der Waals surface area contributed by atoms with Crippen molar-refractivity contribution in [2.75, 3.05) is 0 Å². The highest BCUT2D eigenvalue weighted by molar-refractivity contribution is 5.91. The van der Waals surface area contributed by atoms with E-state index in [1.54, 1.807) is 6.92 Å². The Labute approximate surface area is 109 Å². The number of carbonyl (C=O) groups is 1. The van der Waals surface area contributed by atoms with E-state index in [0.717, 1.165) is 18.6 Å². The molecule has 0 aliphatic carbocycles. The van der Waals surface area contributed by atoms with Gasteiger partial charge in [0.05, 0.1) is 11.7 Å². The number of hydrogen-bond donors (Lipinski definition) is 1. The van der Waals surface area contributed by atoms with Crippen LogP contribution in [0.1, 0.15) is 42.6 Å². The monoisotopic (exact) mass is 276 g/mol. The first-order valence-corrected chi connectivity index (χ1v) is 5.87. The Morgan fingerprint density at radius 3 is 2.53 bits per heavy atom. The predicted molar refractivity (Wildman–Crippen MR) is 63.4 cm³/mol. The van der Waals surface area contributed by atoms with Crippen LogP contribution in [0.2, 0.25) is 0 Å². The molecule has 1 aromatic carbocycles. The van der Waals surface area contributed by atoms with Gasteiger partial charge in [-0.05, 0) is 31.5 Å². The number of hydrogen-bond acceptors (Lipinski definition) is 2. The summed E-state index contributed by atoms with van der Waals surface area (Å²) < 4.78 is 42.9. The van der Waals surface area contributed by atoms with Crippen LogP contribution in [-0.2, 0) is 6.18 Å². The van der Waals surface area contributed by atoms with Crippen molar-refractivity contribution < 1.29 is 27.8 Å². The second-order valence-corrected chi connectivity index (χ2v) is 4.23. The standard InChI is InChI=1S/C13H15F3O3/c1-3-4-8(2)19-11-6-5-9(13(14,15)16)7-10(11)12(17)18/h5-8H,3-4H2,1-2H3,(H,17,18). The van der Waals surface area contributed by atoms with E-state index in [0.29, 0.717) is 12.5 Å². The zero-order chi connectivity index (χ0) is 14.6. The van der Waals surface area contributed by atoms with Gasteiger partial charge in [0.15, 0.2) is 0 Å². The lowest BCUT2D eigenvalue weighted by Gasteiger charge is -2.16. The van der Waals surface area contributed by atoms with E-state index in [4.69, 9.17) is 9.84 Å². The molecule has 106 valence electrons. The molecular formula is C13H15F3O3. The number of carboxylic acid groups (broad SMARTS) is 1. The van der Waals surface area contributed by atoms with E-state index >= 15 is 0 Å². The van der Waals surface area contributed by atoms with E-state index in [1.807, 2.05) is 6.92 Å². The van der Waals surface area contributed by atoms with Gasteiger partial charge in [0, 0.05) is 0 Å². The van der Waals surface area contributed by atoms with Crippen molar-refractivity contribution in [1.82, 2.24) is 0 Å². The quantitative estimate of drug-likeness (QED) is 0.885. The van der Waals surface area contributed by atoms with Crippen molar-refractivity contribution in [2.24, 2.45) is 0 Å². The summed E-state index contributed by atoms with van der Waals surface area (Å²) in [6.45, 7) is 3.68. The highest BCUT2D eigenvalue weighted by Crippen LogP contribution is 2.33. The molecule has 0 heterocycles. The summed E-state index contributed by atoms with van der Waals surface area (Å²) >= 11 is 0. The maximum atomic E-state index is 12.5. The van der Waals surface area contributed by atoms with Gasteiger partial charge in [0.2, 0.25) is 0 Å². The zero-order valence-corrected chi connectivity index (χ0v) is 10.6. The number of carboxylic acids is 1. The van der Waals surface area contributed by atoms with E-state index in [1.165, 1.54) is 0 Å². The lowest BCUT2D eigenvalue weighted by atomic mass is 10.1. The van der Waals surface area contributed by atoms with Crippen LogP contribution in [0.15, 0.2) is 18.2 Å². The van der Waals surface area contributed by atoms with Gasteiger partial charge in [-0.15, -0.1) is 0 Å². The minimum Gasteiger partial charge on any atom is -0.490 e. The molecule has 3 nitrogen and oxygen atoms in total. The summed E-state index contributed by atoms with van der Waals surface area (Å²) in [4.78, 5) is 11.0. The number of benzene rings is 1. The van der Waals surface area contributed by atoms with Crippen molar-refractivity contribution >= 4 is 5.97 Å². The van der Waals surface area contributed by atoms with E-state index in [-0.39, 0.29) is 11.9 Å². The molecule has 0 saturated carbocycles. The molecule has 1 rings (SSSR count). The summed E-state index contributed by atoms with van der Waals surface area (Å²) in [5.74, 6) is -1.48. The average molecular weight is 276 g/mol. The van der Waals surface area contributed by atoms with Crippen molar-refractivity contribution in [1.29, 1.82) is 0 Å². The molecule has 0 amide bonds. The Bertz CT molecular complexity index is 455. The van der Waals surface area contributed by atoms with Crippen LogP contribution >= 0.6 is 0 Å². The summed E-state index contributed by atoms with van der Waals surface area (Å²) in [6, 6.07) is 2.47. The van der Waals surface area contributed by atoms with Crippen molar-refractivity contribution in [3.05, 3.63) is 29.3 Å². The van der Waals surface area contributed by atoms with Crippen LogP contribution in [0.3, 0.4) is 0 Å². The minimum absolute atomic E-state index is 0.0403. The third-order valence-electron chi connectivity index (χ3n) is 2.56. The van der Waals surface area contributed by atoms with Gasteiger partial charge in [-0.2, -0.15) is 13.2 Å². The molecule has 0 aliphatic heterocycles.